The first-order valence-electron chi connectivity index (χ1n) is 8.55. The average Bonchev–Trinajstić information content (AvgIpc) is 2.61. The second-order valence-corrected chi connectivity index (χ2v) is 6.06. The molecule has 0 aliphatic rings. The van der Waals surface area contributed by atoms with Crippen molar-refractivity contribution in [1.82, 2.24) is 14.9 Å². The van der Waals surface area contributed by atoms with Crippen LogP contribution >= 0.6 is 0 Å². The van der Waals surface area contributed by atoms with Crippen LogP contribution in [-0.2, 0) is 6.54 Å². The zero-order valence-corrected chi connectivity index (χ0v) is 14.7. The van der Waals surface area contributed by atoms with E-state index in [1.165, 1.54) is 5.56 Å². The van der Waals surface area contributed by atoms with Gasteiger partial charge in [0.2, 0.25) is 0 Å². The molecule has 5 heteroatoms. The predicted molar refractivity (Wildman–Crippen MR) is 100.0 cm³/mol. The van der Waals surface area contributed by atoms with E-state index in [0.717, 1.165) is 24.4 Å². The van der Waals surface area contributed by atoms with Gasteiger partial charge in [0.05, 0.1) is 17.4 Å². The van der Waals surface area contributed by atoms with E-state index in [1.54, 1.807) is 6.07 Å². The fraction of sp³-hybridized carbons (Fsp3) is 0.300. The third kappa shape index (κ3) is 4.45. The summed E-state index contributed by atoms with van der Waals surface area (Å²) in [7, 11) is 0. The highest BCUT2D eigenvalue weighted by Gasteiger charge is 2.08. The van der Waals surface area contributed by atoms with E-state index in [2.05, 4.69) is 21.8 Å². The van der Waals surface area contributed by atoms with Gasteiger partial charge in [-0.1, -0.05) is 31.2 Å². The van der Waals surface area contributed by atoms with Gasteiger partial charge in [-0.3, -0.25) is 9.69 Å². The van der Waals surface area contributed by atoms with Crippen molar-refractivity contribution in [1.29, 1.82) is 0 Å². The van der Waals surface area contributed by atoms with E-state index in [4.69, 9.17) is 4.74 Å². The molecule has 0 radical (unpaired) electrons. The normalized spacial score (nSPS) is 11.2. The molecule has 0 aliphatic carbocycles. The Hall–Kier alpha value is -2.66. The Morgan fingerprint density at radius 2 is 2.00 bits per heavy atom. The van der Waals surface area contributed by atoms with Crippen LogP contribution in [0.4, 0.5) is 0 Å². The molecular weight excluding hydrogens is 314 g/mol. The number of hydrogen-bond donors (Lipinski definition) is 1. The summed E-state index contributed by atoms with van der Waals surface area (Å²) in [5, 5.41) is 0.622. The molecule has 0 saturated heterocycles. The van der Waals surface area contributed by atoms with Gasteiger partial charge in [0.1, 0.15) is 18.2 Å². The minimum Gasteiger partial charge on any atom is -0.492 e. The zero-order chi connectivity index (χ0) is 17.6. The number of benzene rings is 2. The Balaban J connectivity index is 1.63. The highest BCUT2D eigenvalue weighted by molar-refractivity contribution is 5.77. The quantitative estimate of drug-likeness (QED) is 0.720. The smallest absolute Gasteiger partial charge is 0.258 e. The molecule has 0 amide bonds. The number of para-hydroxylation sites is 1. The summed E-state index contributed by atoms with van der Waals surface area (Å²) < 4.78 is 5.82. The van der Waals surface area contributed by atoms with Crippen LogP contribution in [0, 0.1) is 6.92 Å². The number of H-pyrrole nitrogens is 1. The zero-order valence-electron chi connectivity index (χ0n) is 14.7. The molecule has 0 aliphatic heterocycles. The first kappa shape index (κ1) is 17.2. The number of nitrogens with zero attached hydrogens (tertiary/aromatic N) is 2. The fourth-order valence-corrected chi connectivity index (χ4v) is 2.77. The van der Waals surface area contributed by atoms with Crippen LogP contribution in [0.5, 0.6) is 5.75 Å². The third-order valence-electron chi connectivity index (χ3n) is 4.15. The second kappa shape index (κ2) is 7.94. The summed E-state index contributed by atoms with van der Waals surface area (Å²) in [4.78, 5) is 21.8. The number of rotatable bonds is 7. The van der Waals surface area contributed by atoms with Gasteiger partial charge < -0.3 is 9.72 Å². The lowest BCUT2D eigenvalue weighted by Gasteiger charge is -2.20. The number of fused-ring (bicyclic) bond motifs is 1. The Kier molecular flexibility index (Phi) is 5.46. The standard InChI is InChI=1S/C20H23N3O2/c1-3-23(11-12-25-16-8-6-7-15(2)13-16)14-19-21-18-10-5-4-9-17(18)20(24)22-19/h4-10,13H,3,11-12,14H2,1-2H3,(H,21,22,24). The van der Waals surface area contributed by atoms with Crippen molar-refractivity contribution in [3.05, 3.63) is 70.3 Å². The lowest BCUT2D eigenvalue weighted by atomic mass is 10.2. The van der Waals surface area contributed by atoms with Crippen molar-refractivity contribution in [2.45, 2.75) is 20.4 Å². The van der Waals surface area contributed by atoms with Gasteiger partial charge in [-0.2, -0.15) is 0 Å². The summed E-state index contributed by atoms with van der Waals surface area (Å²) in [6.45, 7) is 6.94. The number of likely N-dealkylation sites (N-methyl/N-ethyl adjacent to an activating group) is 1. The van der Waals surface area contributed by atoms with Crippen LogP contribution in [-0.4, -0.2) is 34.6 Å². The molecule has 1 heterocycles. The van der Waals surface area contributed by atoms with Crippen molar-refractivity contribution < 1.29 is 4.74 Å². The van der Waals surface area contributed by atoms with Crippen molar-refractivity contribution in [2.24, 2.45) is 0 Å². The van der Waals surface area contributed by atoms with E-state index in [9.17, 15) is 4.79 Å². The molecule has 0 spiro atoms. The Labute approximate surface area is 147 Å². The van der Waals surface area contributed by atoms with Gasteiger partial charge in [-0.25, -0.2) is 4.98 Å². The molecule has 0 saturated carbocycles. The molecule has 1 aromatic heterocycles. The maximum atomic E-state index is 12.2. The number of aryl methyl sites for hydroxylation is 1. The van der Waals surface area contributed by atoms with Gasteiger partial charge in [0, 0.05) is 6.54 Å². The molecule has 130 valence electrons. The van der Waals surface area contributed by atoms with Gasteiger partial charge in [0.15, 0.2) is 0 Å². The number of nitrogens with one attached hydrogen (secondary N) is 1. The van der Waals surface area contributed by atoms with E-state index in [1.807, 2.05) is 49.4 Å². The summed E-state index contributed by atoms with van der Waals surface area (Å²) in [6.07, 6.45) is 0. The van der Waals surface area contributed by atoms with Crippen LogP contribution in [0.2, 0.25) is 0 Å². The van der Waals surface area contributed by atoms with Gasteiger partial charge >= 0.3 is 0 Å². The number of ether oxygens (including phenoxy) is 1. The summed E-state index contributed by atoms with van der Waals surface area (Å²) in [5.74, 6) is 1.56. The average molecular weight is 337 g/mol. The Bertz CT molecular complexity index is 905. The highest BCUT2D eigenvalue weighted by Crippen LogP contribution is 2.12. The van der Waals surface area contributed by atoms with Crippen LogP contribution in [0.1, 0.15) is 18.3 Å². The lowest BCUT2D eigenvalue weighted by molar-refractivity contribution is 0.206. The van der Waals surface area contributed by atoms with Crippen LogP contribution in [0.25, 0.3) is 10.9 Å². The molecule has 3 aromatic rings. The van der Waals surface area contributed by atoms with Crippen LogP contribution < -0.4 is 10.3 Å². The SMILES string of the molecule is CCN(CCOc1cccc(C)c1)Cc1nc2ccccc2c(=O)[nH]1. The highest BCUT2D eigenvalue weighted by atomic mass is 16.5. The number of aromatic amines is 1. The topological polar surface area (TPSA) is 58.2 Å². The Morgan fingerprint density at radius 3 is 2.80 bits per heavy atom. The maximum absolute atomic E-state index is 12.2. The summed E-state index contributed by atoms with van der Waals surface area (Å²) in [6, 6.07) is 15.4. The van der Waals surface area contributed by atoms with Crippen LogP contribution in [0.15, 0.2) is 53.3 Å². The molecule has 0 unspecified atom stereocenters. The molecule has 0 fully saturated rings. The molecule has 5 nitrogen and oxygen atoms in total. The monoisotopic (exact) mass is 337 g/mol. The number of hydrogen-bond acceptors (Lipinski definition) is 4. The van der Waals surface area contributed by atoms with E-state index in [-0.39, 0.29) is 5.56 Å². The Morgan fingerprint density at radius 1 is 1.16 bits per heavy atom. The molecule has 1 N–H and O–H groups in total. The molecule has 25 heavy (non-hydrogen) atoms. The second-order valence-electron chi connectivity index (χ2n) is 6.06. The predicted octanol–water partition coefficient (Wildman–Crippen LogP) is 3.13. The summed E-state index contributed by atoms with van der Waals surface area (Å²) >= 11 is 0. The maximum Gasteiger partial charge on any atom is 0.258 e. The molecule has 2 aromatic carbocycles. The first-order chi connectivity index (χ1) is 12.2. The van der Waals surface area contributed by atoms with E-state index < -0.39 is 0 Å². The molecule has 0 atom stereocenters. The molecule has 3 rings (SSSR count). The minimum absolute atomic E-state index is 0.0901. The van der Waals surface area contributed by atoms with Crippen molar-refractivity contribution in [3.8, 4) is 5.75 Å². The number of aromatic nitrogens is 2. The van der Waals surface area contributed by atoms with Crippen molar-refractivity contribution in [2.75, 3.05) is 19.7 Å². The van der Waals surface area contributed by atoms with E-state index in [0.29, 0.717) is 24.4 Å². The van der Waals surface area contributed by atoms with Gasteiger partial charge in [0.25, 0.3) is 5.56 Å². The molecule has 0 bridgehead atoms. The summed E-state index contributed by atoms with van der Waals surface area (Å²) in [5.41, 5.74) is 1.82. The van der Waals surface area contributed by atoms with Crippen molar-refractivity contribution >= 4 is 10.9 Å². The van der Waals surface area contributed by atoms with Gasteiger partial charge in [-0.15, -0.1) is 0 Å². The largest absolute Gasteiger partial charge is 0.492 e. The third-order valence-corrected chi connectivity index (χ3v) is 4.15. The van der Waals surface area contributed by atoms with Crippen LogP contribution in [0.3, 0.4) is 0 Å². The lowest BCUT2D eigenvalue weighted by Crippen LogP contribution is -2.29. The minimum atomic E-state index is -0.0901. The van der Waals surface area contributed by atoms with E-state index >= 15 is 0 Å². The fourth-order valence-electron chi connectivity index (χ4n) is 2.77. The van der Waals surface area contributed by atoms with Gasteiger partial charge in [-0.05, 0) is 43.3 Å². The molecular formula is C20H23N3O2. The van der Waals surface area contributed by atoms with Crippen molar-refractivity contribution in [3.63, 3.8) is 0 Å². The first-order valence-corrected chi connectivity index (χ1v) is 8.55.